The molecule has 4 N–H and O–H groups in total. The molecular weight excluding hydrogens is 426 g/mol. The van der Waals surface area contributed by atoms with Gasteiger partial charge in [-0.3, -0.25) is 4.90 Å². The Bertz CT molecular complexity index is 807. The van der Waals surface area contributed by atoms with Crippen molar-refractivity contribution >= 4 is 27.3 Å². The molecular formula is C16H22ClF4N3O3S. The summed E-state index contributed by atoms with van der Waals surface area (Å²) >= 11 is 6.03. The quantitative estimate of drug-likeness (QED) is 0.582. The van der Waals surface area contributed by atoms with E-state index >= 15 is 0 Å². The molecule has 0 saturated heterocycles. The zero-order valence-corrected chi connectivity index (χ0v) is 16.6. The number of anilines is 1. The topological polar surface area (TPSA) is 95.7 Å². The van der Waals surface area contributed by atoms with Crippen LogP contribution >= 0.6 is 11.6 Å². The maximum Gasteiger partial charge on any atom is 0.391 e. The SMILES string of the molecule is CN(CCO)[C@H]1C[C@@H](C(F)(F)F)CC[C@@H]1Nc1cc(F)c(S(N)(=O)=O)cc1Cl. The van der Waals surface area contributed by atoms with Crippen molar-refractivity contribution in [3.63, 3.8) is 0 Å². The first kappa shape index (κ1) is 23.1. The van der Waals surface area contributed by atoms with Crippen LogP contribution in [0.5, 0.6) is 0 Å². The molecule has 1 fully saturated rings. The zero-order valence-electron chi connectivity index (χ0n) is 15.0. The number of nitrogens with zero attached hydrogens (tertiary/aromatic N) is 1. The number of aliphatic hydroxyl groups is 1. The molecule has 0 radical (unpaired) electrons. The predicted octanol–water partition coefficient (Wildman–Crippen LogP) is 2.56. The van der Waals surface area contributed by atoms with Crippen molar-refractivity contribution in [1.29, 1.82) is 0 Å². The number of aliphatic hydroxyl groups excluding tert-OH is 1. The predicted molar refractivity (Wildman–Crippen MR) is 97.1 cm³/mol. The second kappa shape index (κ2) is 8.70. The van der Waals surface area contributed by atoms with Gasteiger partial charge in [0, 0.05) is 18.6 Å². The number of sulfonamides is 1. The highest BCUT2D eigenvalue weighted by molar-refractivity contribution is 7.89. The number of likely N-dealkylation sites (N-methyl/N-ethyl adjacent to an activating group) is 1. The summed E-state index contributed by atoms with van der Waals surface area (Å²) < 4.78 is 76.4. The van der Waals surface area contributed by atoms with Gasteiger partial charge in [-0.2, -0.15) is 13.2 Å². The lowest BCUT2D eigenvalue weighted by molar-refractivity contribution is -0.187. The summed E-state index contributed by atoms with van der Waals surface area (Å²) in [4.78, 5) is 0.844. The Hall–Kier alpha value is -1.14. The zero-order chi connectivity index (χ0) is 21.3. The van der Waals surface area contributed by atoms with E-state index in [9.17, 15) is 26.0 Å². The second-order valence-corrected chi connectivity index (χ2v) is 8.82. The molecule has 0 aliphatic heterocycles. The molecule has 0 unspecified atom stereocenters. The van der Waals surface area contributed by atoms with Crippen LogP contribution in [-0.4, -0.2) is 56.9 Å². The molecule has 6 nitrogen and oxygen atoms in total. The normalized spacial score (nSPS) is 23.8. The Morgan fingerprint density at radius 1 is 1.36 bits per heavy atom. The minimum atomic E-state index is -4.33. The summed E-state index contributed by atoms with van der Waals surface area (Å²) in [7, 11) is -2.71. The van der Waals surface area contributed by atoms with Crippen LogP contribution in [0, 0.1) is 11.7 Å². The highest BCUT2D eigenvalue weighted by atomic mass is 35.5. The van der Waals surface area contributed by atoms with Crippen molar-refractivity contribution < 1.29 is 31.1 Å². The molecule has 1 aliphatic rings. The number of benzene rings is 1. The Balaban J connectivity index is 2.29. The van der Waals surface area contributed by atoms with Gasteiger partial charge in [-0.1, -0.05) is 11.6 Å². The van der Waals surface area contributed by atoms with Gasteiger partial charge in [-0.05, 0) is 38.4 Å². The number of alkyl halides is 3. The highest BCUT2D eigenvalue weighted by Gasteiger charge is 2.45. The van der Waals surface area contributed by atoms with Crippen molar-refractivity contribution in [3.05, 3.63) is 23.0 Å². The number of primary sulfonamides is 1. The van der Waals surface area contributed by atoms with E-state index in [1.54, 1.807) is 11.9 Å². The molecule has 12 heteroatoms. The van der Waals surface area contributed by atoms with Gasteiger partial charge in [0.05, 0.1) is 23.2 Å². The largest absolute Gasteiger partial charge is 0.395 e. The molecule has 1 aliphatic carbocycles. The first-order chi connectivity index (χ1) is 12.8. The Morgan fingerprint density at radius 3 is 2.54 bits per heavy atom. The molecule has 0 amide bonds. The summed E-state index contributed by atoms with van der Waals surface area (Å²) in [6, 6.07) is 0.626. The fourth-order valence-corrected chi connectivity index (χ4v) is 4.38. The van der Waals surface area contributed by atoms with E-state index in [1.807, 2.05) is 0 Å². The fourth-order valence-electron chi connectivity index (χ4n) is 3.48. The molecule has 0 bridgehead atoms. The van der Waals surface area contributed by atoms with Crippen LogP contribution in [0.1, 0.15) is 19.3 Å². The average molecular weight is 448 g/mol. The average Bonchev–Trinajstić information content (AvgIpc) is 2.56. The van der Waals surface area contributed by atoms with Crippen molar-refractivity contribution in [1.82, 2.24) is 4.90 Å². The van der Waals surface area contributed by atoms with Crippen molar-refractivity contribution in [3.8, 4) is 0 Å². The summed E-state index contributed by atoms with van der Waals surface area (Å²) in [6.07, 6.45) is -4.49. The Kier molecular flexibility index (Phi) is 7.19. The van der Waals surface area contributed by atoms with E-state index in [-0.39, 0.29) is 43.1 Å². The Labute approximate surface area is 165 Å². The van der Waals surface area contributed by atoms with Gasteiger partial charge >= 0.3 is 6.18 Å². The van der Waals surface area contributed by atoms with Crippen LogP contribution in [-0.2, 0) is 10.0 Å². The molecule has 160 valence electrons. The molecule has 1 aromatic rings. The fraction of sp³-hybridized carbons (Fsp3) is 0.625. The number of nitrogens with two attached hydrogens (primary N) is 1. The number of hydrogen-bond acceptors (Lipinski definition) is 5. The van der Waals surface area contributed by atoms with Gasteiger partial charge in [0.15, 0.2) is 0 Å². The minimum absolute atomic E-state index is 0.0597. The number of rotatable bonds is 6. The van der Waals surface area contributed by atoms with E-state index in [0.29, 0.717) is 0 Å². The summed E-state index contributed by atoms with van der Waals surface area (Å²) in [5.74, 6) is -2.59. The lowest BCUT2D eigenvalue weighted by atomic mass is 9.81. The van der Waals surface area contributed by atoms with Crippen molar-refractivity contribution in [2.75, 3.05) is 25.5 Å². The maximum absolute atomic E-state index is 14.1. The van der Waals surface area contributed by atoms with Gasteiger partial charge < -0.3 is 10.4 Å². The maximum atomic E-state index is 14.1. The van der Waals surface area contributed by atoms with Crippen LogP contribution in [0.4, 0.5) is 23.2 Å². The van der Waals surface area contributed by atoms with Gasteiger partial charge in [0.2, 0.25) is 10.0 Å². The molecule has 3 atom stereocenters. The van der Waals surface area contributed by atoms with E-state index < -0.39 is 44.9 Å². The third-order valence-corrected chi connectivity index (χ3v) is 6.21. The third kappa shape index (κ3) is 5.47. The van der Waals surface area contributed by atoms with E-state index in [2.05, 4.69) is 5.32 Å². The first-order valence-corrected chi connectivity index (χ1v) is 10.4. The van der Waals surface area contributed by atoms with Gasteiger partial charge in [0.1, 0.15) is 10.7 Å². The molecule has 2 rings (SSSR count). The monoisotopic (exact) mass is 447 g/mol. The summed E-state index contributed by atoms with van der Waals surface area (Å²) in [5, 5.41) is 16.9. The molecule has 1 aromatic carbocycles. The number of hydrogen-bond donors (Lipinski definition) is 3. The molecule has 28 heavy (non-hydrogen) atoms. The van der Waals surface area contributed by atoms with Crippen molar-refractivity contribution in [2.24, 2.45) is 11.1 Å². The smallest absolute Gasteiger partial charge is 0.391 e. The lowest BCUT2D eigenvalue weighted by Crippen LogP contribution is -2.51. The van der Waals surface area contributed by atoms with Crippen LogP contribution < -0.4 is 10.5 Å². The molecule has 1 saturated carbocycles. The second-order valence-electron chi connectivity index (χ2n) is 6.88. The number of nitrogens with one attached hydrogen (secondary N) is 1. The van der Waals surface area contributed by atoms with Crippen LogP contribution in [0.2, 0.25) is 5.02 Å². The minimum Gasteiger partial charge on any atom is -0.395 e. The number of halogens is 5. The van der Waals surface area contributed by atoms with Crippen LogP contribution in [0.3, 0.4) is 0 Å². The van der Waals surface area contributed by atoms with Gasteiger partial charge in [0.25, 0.3) is 0 Å². The van der Waals surface area contributed by atoms with E-state index in [0.717, 1.165) is 12.1 Å². The van der Waals surface area contributed by atoms with E-state index in [4.69, 9.17) is 21.8 Å². The third-order valence-electron chi connectivity index (χ3n) is 4.97. The van der Waals surface area contributed by atoms with Crippen LogP contribution in [0.25, 0.3) is 0 Å². The van der Waals surface area contributed by atoms with Crippen molar-refractivity contribution in [2.45, 2.75) is 42.4 Å². The lowest BCUT2D eigenvalue weighted by Gasteiger charge is -2.42. The van der Waals surface area contributed by atoms with Gasteiger partial charge in [-0.15, -0.1) is 0 Å². The molecule has 0 spiro atoms. The molecule has 0 heterocycles. The van der Waals surface area contributed by atoms with Gasteiger partial charge in [-0.25, -0.2) is 17.9 Å². The summed E-state index contributed by atoms with van der Waals surface area (Å²) in [5.41, 5.74) is 0.0597. The molecule has 0 aromatic heterocycles. The summed E-state index contributed by atoms with van der Waals surface area (Å²) in [6.45, 7) is -0.0608. The van der Waals surface area contributed by atoms with E-state index in [1.165, 1.54) is 0 Å². The first-order valence-electron chi connectivity index (χ1n) is 8.50. The standard InChI is InChI=1S/C16H22ClF4N3O3S/c1-24(4-5-25)14-6-9(16(19,20)21)2-3-12(14)23-13-8-11(18)15(7-10(13)17)28(22,26)27/h7-9,12,14,23,25H,2-6H2,1H3,(H2,22,26,27)/t9-,12-,14-/m0/s1. The highest BCUT2D eigenvalue weighted by Crippen LogP contribution is 2.40. The Morgan fingerprint density at radius 2 is 2.00 bits per heavy atom. The van der Waals surface area contributed by atoms with Crippen LogP contribution in [0.15, 0.2) is 17.0 Å².